The first-order valence-electron chi connectivity index (χ1n) is 16.8. The van der Waals surface area contributed by atoms with Gasteiger partial charge in [-0.25, -0.2) is 0 Å². The standard InChI is InChI=1S/C34H46N8O6/c1-21(2)31(34(46)42-12-10-24(43)20-42)29-18-30(38-48-29)47-22(3)33(45)41-11-9-23(19-41)39-13-15-40(16-14-39)27-17-26(36-37-32(27)35-4)25-7-5-6-8-28(25)44/h5-8,17-18,21-24,31,43-44H,9-16,19-20H2,1-4H3,(H,35,37)/t22-,23?,24-,31?/m1/s1. The molecule has 6 rings (SSSR count). The fourth-order valence-electron chi connectivity index (χ4n) is 7.03. The zero-order valence-electron chi connectivity index (χ0n) is 28.1. The van der Waals surface area contributed by atoms with Crippen molar-refractivity contribution in [1.82, 2.24) is 30.1 Å². The Morgan fingerprint density at radius 1 is 0.958 bits per heavy atom. The van der Waals surface area contributed by atoms with Crippen LogP contribution >= 0.6 is 0 Å². The van der Waals surface area contributed by atoms with Gasteiger partial charge in [-0.3, -0.25) is 14.5 Å². The fourth-order valence-corrected chi connectivity index (χ4v) is 7.03. The molecule has 2 aromatic heterocycles. The van der Waals surface area contributed by atoms with E-state index in [1.165, 1.54) is 0 Å². The Bertz CT molecular complexity index is 1590. The molecule has 0 radical (unpaired) electrons. The summed E-state index contributed by atoms with van der Waals surface area (Å²) in [6, 6.07) is 10.9. The maximum atomic E-state index is 13.4. The molecule has 3 aliphatic heterocycles. The quantitative estimate of drug-likeness (QED) is 0.291. The summed E-state index contributed by atoms with van der Waals surface area (Å²) in [5.41, 5.74) is 2.19. The van der Waals surface area contributed by atoms with Gasteiger partial charge in [0.2, 0.25) is 5.91 Å². The average Bonchev–Trinajstić information content (AvgIpc) is 3.86. The predicted molar refractivity (Wildman–Crippen MR) is 179 cm³/mol. The van der Waals surface area contributed by atoms with Gasteiger partial charge >= 0.3 is 0 Å². The molecule has 2 amide bonds. The van der Waals surface area contributed by atoms with Gasteiger partial charge in [-0.15, -0.1) is 10.2 Å². The number of para-hydroxylation sites is 1. The number of aliphatic hydroxyl groups excluding tert-OH is 1. The molecule has 2 unspecified atom stereocenters. The number of hydrogen-bond donors (Lipinski definition) is 3. The predicted octanol–water partition coefficient (Wildman–Crippen LogP) is 2.40. The molecule has 3 fully saturated rings. The van der Waals surface area contributed by atoms with Crippen molar-refractivity contribution in [2.75, 3.05) is 69.6 Å². The Morgan fingerprint density at radius 3 is 2.38 bits per heavy atom. The molecule has 3 saturated heterocycles. The lowest BCUT2D eigenvalue weighted by Crippen LogP contribution is -2.51. The summed E-state index contributed by atoms with van der Waals surface area (Å²) in [6.07, 6.45) is 0.181. The number of phenols is 1. The maximum absolute atomic E-state index is 13.4. The zero-order chi connectivity index (χ0) is 33.9. The number of aliphatic hydroxyl groups is 1. The number of anilines is 2. The van der Waals surface area contributed by atoms with E-state index in [9.17, 15) is 19.8 Å². The second kappa shape index (κ2) is 14.4. The molecule has 1 aromatic carbocycles. The largest absolute Gasteiger partial charge is 0.507 e. The number of aromatic nitrogens is 3. The molecule has 3 aromatic rings. The summed E-state index contributed by atoms with van der Waals surface area (Å²) >= 11 is 0. The Morgan fingerprint density at radius 2 is 1.69 bits per heavy atom. The second-order valence-corrected chi connectivity index (χ2v) is 13.3. The minimum atomic E-state index is -0.766. The highest BCUT2D eigenvalue weighted by Crippen LogP contribution is 2.34. The number of ether oxygens (including phenoxy) is 1. The van der Waals surface area contributed by atoms with Gasteiger partial charge in [0.1, 0.15) is 11.7 Å². The van der Waals surface area contributed by atoms with Gasteiger partial charge < -0.3 is 39.5 Å². The molecular weight excluding hydrogens is 616 g/mol. The summed E-state index contributed by atoms with van der Waals surface area (Å²) in [6.45, 7) is 11.0. The molecule has 0 bridgehead atoms. The van der Waals surface area contributed by atoms with Crippen LogP contribution in [0.15, 0.2) is 40.9 Å². The van der Waals surface area contributed by atoms with Crippen LogP contribution in [0.3, 0.4) is 0 Å². The van der Waals surface area contributed by atoms with Crippen molar-refractivity contribution in [2.24, 2.45) is 5.92 Å². The molecular formula is C34H46N8O6. The number of hydrogen-bond acceptors (Lipinski definition) is 12. The molecule has 3 N–H and O–H groups in total. The van der Waals surface area contributed by atoms with Crippen molar-refractivity contribution in [3.63, 3.8) is 0 Å². The summed E-state index contributed by atoms with van der Waals surface area (Å²) in [5.74, 6) is 0.607. The number of nitrogens with one attached hydrogen (secondary N) is 1. The van der Waals surface area contributed by atoms with Crippen LogP contribution in [0.2, 0.25) is 0 Å². The summed E-state index contributed by atoms with van der Waals surface area (Å²) in [4.78, 5) is 34.9. The Hall–Kier alpha value is -4.43. The van der Waals surface area contributed by atoms with Crippen molar-refractivity contribution in [3.8, 4) is 22.9 Å². The molecule has 48 heavy (non-hydrogen) atoms. The SMILES string of the molecule is CNc1nnc(-c2ccccc2O)cc1N1CCN(C2CCN(C(=O)[C@@H](C)Oc3cc(C(C(=O)N4CC[C@@H](O)C4)C(C)C)on3)C2)CC1. The molecule has 14 nitrogen and oxygen atoms in total. The smallest absolute Gasteiger partial charge is 0.263 e. The number of nitrogens with zero attached hydrogens (tertiary/aromatic N) is 7. The van der Waals surface area contributed by atoms with Gasteiger partial charge in [-0.2, -0.15) is 0 Å². The lowest BCUT2D eigenvalue weighted by atomic mass is 9.92. The molecule has 0 spiro atoms. The third-order valence-corrected chi connectivity index (χ3v) is 9.70. The van der Waals surface area contributed by atoms with Crippen LogP contribution in [0, 0.1) is 5.92 Å². The zero-order valence-corrected chi connectivity index (χ0v) is 28.1. The molecule has 3 aliphatic rings. The number of piperazine rings is 1. The normalized spacial score (nSPS) is 21.5. The van der Waals surface area contributed by atoms with E-state index >= 15 is 0 Å². The number of carbonyl (C=O) groups is 2. The van der Waals surface area contributed by atoms with Gasteiger partial charge in [0, 0.05) is 77.1 Å². The van der Waals surface area contributed by atoms with Crippen LogP contribution < -0.4 is 15.0 Å². The number of amides is 2. The maximum Gasteiger partial charge on any atom is 0.263 e. The lowest BCUT2D eigenvalue weighted by Gasteiger charge is -2.39. The van der Waals surface area contributed by atoms with Crippen molar-refractivity contribution in [3.05, 3.63) is 42.2 Å². The second-order valence-electron chi connectivity index (χ2n) is 13.3. The van der Waals surface area contributed by atoms with E-state index in [4.69, 9.17) is 9.26 Å². The van der Waals surface area contributed by atoms with Crippen LogP contribution in [-0.2, 0) is 9.59 Å². The first-order valence-corrected chi connectivity index (χ1v) is 16.8. The van der Waals surface area contributed by atoms with Gasteiger partial charge in [-0.05, 0) is 49.0 Å². The Labute approximate surface area is 280 Å². The van der Waals surface area contributed by atoms with Gasteiger partial charge in [0.05, 0.1) is 17.5 Å². The highest BCUT2D eigenvalue weighted by molar-refractivity contribution is 5.84. The molecule has 5 heterocycles. The minimum absolute atomic E-state index is 0.0496. The van der Waals surface area contributed by atoms with E-state index in [0.717, 1.165) is 38.3 Å². The first-order chi connectivity index (χ1) is 23.1. The van der Waals surface area contributed by atoms with E-state index in [2.05, 4.69) is 30.5 Å². The molecule has 14 heteroatoms. The number of β-amino-alcohol motifs (C(OH)–C–C–N with tert-alkyl or cyclic N) is 1. The summed E-state index contributed by atoms with van der Waals surface area (Å²) in [5, 5.41) is 36.1. The summed E-state index contributed by atoms with van der Waals surface area (Å²) < 4.78 is 11.5. The van der Waals surface area contributed by atoms with Crippen LogP contribution in [-0.4, -0.2) is 130 Å². The number of likely N-dealkylation sites (tertiary alicyclic amines) is 2. The third-order valence-electron chi connectivity index (χ3n) is 9.70. The van der Waals surface area contributed by atoms with Gasteiger partial charge in [0.15, 0.2) is 17.7 Å². The lowest BCUT2D eigenvalue weighted by molar-refractivity contribution is -0.137. The van der Waals surface area contributed by atoms with Crippen molar-refractivity contribution in [1.29, 1.82) is 0 Å². The topological polar surface area (TPSA) is 161 Å². The van der Waals surface area contributed by atoms with E-state index in [0.29, 0.717) is 55.4 Å². The van der Waals surface area contributed by atoms with Crippen LogP contribution in [0.1, 0.15) is 45.3 Å². The van der Waals surface area contributed by atoms with Crippen LogP contribution in [0.5, 0.6) is 11.6 Å². The van der Waals surface area contributed by atoms with Crippen molar-refractivity contribution < 1.29 is 29.1 Å². The van der Waals surface area contributed by atoms with Crippen molar-refractivity contribution in [2.45, 2.75) is 57.8 Å². The first kappa shape index (κ1) is 33.5. The van der Waals surface area contributed by atoms with E-state index < -0.39 is 18.1 Å². The Kier molecular flexibility index (Phi) is 10.0. The highest BCUT2D eigenvalue weighted by atomic mass is 16.5. The van der Waals surface area contributed by atoms with Crippen LogP contribution in [0.4, 0.5) is 11.5 Å². The number of carbonyl (C=O) groups excluding carboxylic acids is 2. The van der Waals surface area contributed by atoms with Crippen molar-refractivity contribution >= 4 is 23.3 Å². The average molecular weight is 663 g/mol. The minimum Gasteiger partial charge on any atom is -0.507 e. The van der Waals surface area contributed by atoms with Crippen LogP contribution in [0.25, 0.3) is 11.3 Å². The third kappa shape index (κ3) is 7.04. The number of aromatic hydroxyl groups is 1. The molecule has 4 atom stereocenters. The molecule has 258 valence electrons. The molecule has 0 aliphatic carbocycles. The Balaban J connectivity index is 1.02. The summed E-state index contributed by atoms with van der Waals surface area (Å²) in [7, 11) is 1.82. The van der Waals surface area contributed by atoms with E-state index in [-0.39, 0.29) is 35.4 Å². The number of phenolic OH excluding ortho intramolecular Hbond substituents is 1. The number of rotatable bonds is 10. The molecule has 0 saturated carbocycles. The monoisotopic (exact) mass is 662 g/mol. The number of benzene rings is 1. The van der Waals surface area contributed by atoms with Gasteiger partial charge in [0.25, 0.3) is 11.8 Å². The fraction of sp³-hybridized carbons (Fsp3) is 0.559. The van der Waals surface area contributed by atoms with E-state index in [1.54, 1.807) is 30.0 Å². The highest BCUT2D eigenvalue weighted by Gasteiger charge is 2.37. The van der Waals surface area contributed by atoms with E-state index in [1.807, 2.05) is 44.0 Å². The van der Waals surface area contributed by atoms with Gasteiger partial charge in [-0.1, -0.05) is 26.0 Å².